The highest BCUT2D eigenvalue weighted by atomic mass is 16.4. The molecule has 1 fully saturated rings. The van der Waals surface area contributed by atoms with Crippen LogP contribution in [0, 0.1) is 5.92 Å². The van der Waals surface area contributed by atoms with E-state index in [1.54, 1.807) is 6.92 Å². The Bertz CT molecular complexity index is 167. The zero-order valence-electron chi connectivity index (χ0n) is 6.71. The Morgan fingerprint density at radius 2 is 2.18 bits per heavy atom. The number of carbonyl (C=O) groups is 1. The topological polar surface area (TPSA) is 57.5 Å². The number of rotatable bonds is 1. The molecule has 11 heavy (non-hydrogen) atoms. The average molecular weight is 158 g/mol. The molecule has 1 rings (SSSR count). The van der Waals surface area contributed by atoms with E-state index >= 15 is 0 Å². The molecule has 0 unspecified atom stereocenters. The Hall–Kier alpha value is -0.570. The molecule has 3 heteroatoms. The molecule has 64 valence electrons. The van der Waals surface area contributed by atoms with Gasteiger partial charge in [0.15, 0.2) is 5.60 Å². The number of aliphatic carboxylic acids is 1. The van der Waals surface area contributed by atoms with Crippen LogP contribution >= 0.6 is 0 Å². The maximum Gasteiger partial charge on any atom is 0.335 e. The van der Waals surface area contributed by atoms with Crippen LogP contribution in [0.4, 0.5) is 0 Å². The van der Waals surface area contributed by atoms with Gasteiger partial charge in [-0.25, -0.2) is 4.79 Å². The van der Waals surface area contributed by atoms with Crippen LogP contribution in [0.2, 0.25) is 0 Å². The Balaban J connectivity index is 2.72. The van der Waals surface area contributed by atoms with Crippen LogP contribution in [0.25, 0.3) is 0 Å². The van der Waals surface area contributed by atoms with Crippen LogP contribution < -0.4 is 0 Å². The Morgan fingerprint density at radius 3 is 2.55 bits per heavy atom. The number of aliphatic hydroxyl groups is 1. The van der Waals surface area contributed by atoms with Gasteiger partial charge in [0.2, 0.25) is 0 Å². The number of hydrogen-bond donors (Lipinski definition) is 2. The van der Waals surface area contributed by atoms with Gasteiger partial charge < -0.3 is 10.2 Å². The monoisotopic (exact) mass is 158 g/mol. The largest absolute Gasteiger partial charge is 0.479 e. The molecule has 0 saturated heterocycles. The van der Waals surface area contributed by atoms with Crippen molar-refractivity contribution in [2.45, 2.75) is 38.2 Å². The Labute approximate surface area is 66.0 Å². The van der Waals surface area contributed by atoms with Crippen LogP contribution in [0.5, 0.6) is 0 Å². The van der Waals surface area contributed by atoms with E-state index in [0.717, 1.165) is 19.3 Å². The van der Waals surface area contributed by atoms with Crippen molar-refractivity contribution in [3.05, 3.63) is 0 Å². The van der Waals surface area contributed by atoms with E-state index in [2.05, 4.69) is 0 Å². The van der Waals surface area contributed by atoms with Gasteiger partial charge in [-0.05, 0) is 25.2 Å². The normalized spacial score (nSPS) is 38.5. The van der Waals surface area contributed by atoms with Gasteiger partial charge in [-0.1, -0.05) is 13.3 Å². The van der Waals surface area contributed by atoms with Gasteiger partial charge in [-0.15, -0.1) is 0 Å². The summed E-state index contributed by atoms with van der Waals surface area (Å²) in [5.41, 5.74) is -1.45. The van der Waals surface area contributed by atoms with Crippen molar-refractivity contribution in [3.8, 4) is 0 Å². The summed E-state index contributed by atoms with van der Waals surface area (Å²) in [6, 6.07) is 0. The van der Waals surface area contributed by atoms with Gasteiger partial charge in [0.1, 0.15) is 0 Å². The first-order valence-corrected chi connectivity index (χ1v) is 4.03. The summed E-state index contributed by atoms with van der Waals surface area (Å²) in [6.45, 7) is 1.80. The molecule has 3 nitrogen and oxygen atoms in total. The Kier molecular flexibility index (Phi) is 2.18. The predicted octanol–water partition coefficient (Wildman–Crippen LogP) is 1.01. The summed E-state index contributed by atoms with van der Waals surface area (Å²) in [6.07, 6.45) is 3.09. The fourth-order valence-electron chi connectivity index (χ4n) is 1.65. The van der Waals surface area contributed by atoms with Gasteiger partial charge in [0, 0.05) is 0 Å². The van der Waals surface area contributed by atoms with Crippen molar-refractivity contribution in [2.75, 3.05) is 0 Å². The summed E-state index contributed by atoms with van der Waals surface area (Å²) in [7, 11) is 0. The lowest BCUT2D eigenvalue weighted by Gasteiger charge is -2.33. The molecule has 0 bridgehead atoms. The minimum absolute atomic E-state index is 0.103. The van der Waals surface area contributed by atoms with E-state index in [1.165, 1.54) is 0 Å². The third-order valence-corrected chi connectivity index (χ3v) is 2.63. The third kappa shape index (κ3) is 1.38. The van der Waals surface area contributed by atoms with Gasteiger partial charge in [-0.2, -0.15) is 0 Å². The molecule has 0 spiro atoms. The fraction of sp³-hybridized carbons (Fsp3) is 0.875. The van der Waals surface area contributed by atoms with Gasteiger partial charge >= 0.3 is 5.97 Å². The van der Waals surface area contributed by atoms with Crippen molar-refractivity contribution >= 4 is 5.97 Å². The summed E-state index contributed by atoms with van der Waals surface area (Å²) in [5.74, 6) is -1.17. The quantitative estimate of drug-likeness (QED) is 0.598. The molecule has 0 heterocycles. The van der Waals surface area contributed by atoms with E-state index in [0.29, 0.717) is 6.42 Å². The third-order valence-electron chi connectivity index (χ3n) is 2.63. The lowest BCUT2D eigenvalue weighted by atomic mass is 9.76. The highest BCUT2D eigenvalue weighted by molar-refractivity contribution is 5.77. The summed E-state index contributed by atoms with van der Waals surface area (Å²) in [5, 5.41) is 18.3. The van der Waals surface area contributed by atoms with Crippen molar-refractivity contribution in [2.24, 2.45) is 5.92 Å². The molecule has 0 radical (unpaired) electrons. The van der Waals surface area contributed by atoms with Crippen LogP contribution in [0.15, 0.2) is 0 Å². The van der Waals surface area contributed by atoms with E-state index in [4.69, 9.17) is 5.11 Å². The predicted molar refractivity (Wildman–Crippen MR) is 40.2 cm³/mol. The molecular weight excluding hydrogens is 144 g/mol. The second kappa shape index (κ2) is 2.81. The van der Waals surface area contributed by atoms with Crippen molar-refractivity contribution < 1.29 is 15.0 Å². The zero-order valence-corrected chi connectivity index (χ0v) is 6.71. The summed E-state index contributed by atoms with van der Waals surface area (Å²) in [4.78, 5) is 10.6. The SMILES string of the molecule is C[C@@H]1CCCC[C@]1(O)C(=O)O. The first-order chi connectivity index (χ1) is 5.07. The van der Waals surface area contributed by atoms with Crippen LogP contribution in [0.1, 0.15) is 32.6 Å². The van der Waals surface area contributed by atoms with Gasteiger partial charge in [0.05, 0.1) is 0 Å². The first-order valence-electron chi connectivity index (χ1n) is 4.03. The molecule has 1 saturated carbocycles. The summed E-state index contributed by atoms with van der Waals surface area (Å²) >= 11 is 0. The lowest BCUT2D eigenvalue weighted by Crippen LogP contribution is -2.46. The van der Waals surface area contributed by atoms with Crippen molar-refractivity contribution in [1.82, 2.24) is 0 Å². The highest BCUT2D eigenvalue weighted by Gasteiger charge is 2.42. The van der Waals surface area contributed by atoms with Crippen LogP contribution in [-0.4, -0.2) is 21.8 Å². The number of carboxylic acid groups (broad SMARTS) is 1. The maximum absolute atomic E-state index is 10.6. The second-order valence-corrected chi connectivity index (χ2v) is 3.38. The van der Waals surface area contributed by atoms with Crippen molar-refractivity contribution in [3.63, 3.8) is 0 Å². The van der Waals surface area contributed by atoms with E-state index in [-0.39, 0.29) is 5.92 Å². The molecule has 0 aromatic carbocycles. The standard InChI is InChI=1S/C8H14O3/c1-6-4-2-3-5-8(6,11)7(9)10/h6,11H,2-5H2,1H3,(H,9,10)/t6-,8-/m1/s1. The van der Waals surface area contributed by atoms with Crippen LogP contribution in [0.3, 0.4) is 0 Å². The molecular formula is C8H14O3. The van der Waals surface area contributed by atoms with Crippen LogP contribution in [-0.2, 0) is 4.79 Å². The first kappa shape index (κ1) is 8.53. The number of carboxylic acids is 1. The molecule has 0 amide bonds. The smallest absolute Gasteiger partial charge is 0.335 e. The molecule has 2 N–H and O–H groups in total. The highest BCUT2D eigenvalue weighted by Crippen LogP contribution is 2.33. The zero-order chi connectivity index (χ0) is 8.48. The maximum atomic E-state index is 10.6. The Morgan fingerprint density at radius 1 is 1.55 bits per heavy atom. The average Bonchev–Trinajstić information content (AvgIpc) is 1.95. The summed E-state index contributed by atoms with van der Waals surface area (Å²) < 4.78 is 0. The fourth-order valence-corrected chi connectivity index (χ4v) is 1.65. The van der Waals surface area contributed by atoms with Gasteiger partial charge in [-0.3, -0.25) is 0 Å². The molecule has 2 atom stereocenters. The van der Waals surface area contributed by atoms with Crippen molar-refractivity contribution in [1.29, 1.82) is 0 Å². The minimum Gasteiger partial charge on any atom is -0.479 e. The van der Waals surface area contributed by atoms with E-state index in [9.17, 15) is 9.90 Å². The van der Waals surface area contributed by atoms with E-state index in [1.807, 2.05) is 0 Å². The van der Waals surface area contributed by atoms with Gasteiger partial charge in [0.25, 0.3) is 0 Å². The number of hydrogen-bond acceptors (Lipinski definition) is 2. The molecule has 0 aromatic rings. The van der Waals surface area contributed by atoms with E-state index < -0.39 is 11.6 Å². The second-order valence-electron chi connectivity index (χ2n) is 3.38. The molecule has 1 aliphatic carbocycles. The molecule has 0 aliphatic heterocycles. The lowest BCUT2D eigenvalue weighted by molar-refractivity contribution is -0.168. The molecule has 1 aliphatic rings. The molecule has 0 aromatic heterocycles. The minimum atomic E-state index is -1.45.